The lowest BCUT2D eigenvalue weighted by Gasteiger charge is -2.22. The maximum absolute atomic E-state index is 12.5. The van der Waals surface area contributed by atoms with Crippen molar-refractivity contribution in [2.75, 3.05) is 0 Å². The van der Waals surface area contributed by atoms with E-state index in [-0.39, 0.29) is 27.8 Å². The van der Waals surface area contributed by atoms with Crippen LogP contribution >= 0.6 is 24.0 Å². The number of carbonyl (C=O) groups excluding carboxylic acids is 1. The number of nitrogens with zero attached hydrogens (tertiary/aromatic N) is 1. The van der Waals surface area contributed by atoms with Gasteiger partial charge in [-0.2, -0.15) is 0 Å². The number of phenols is 1. The van der Waals surface area contributed by atoms with Gasteiger partial charge in [-0.15, -0.1) is 0 Å². The highest BCUT2D eigenvalue weighted by Crippen LogP contribution is 2.35. The number of rotatable bonds is 6. The van der Waals surface area contributed by atoms with Crippen molar-refractivity contribution in [1.82, 2.24) is 4.90 Å². The summed E-state index contributed by atoms with van der Waals surface area (Å²) in [6.45, 7) is 0. The molecule has 24 heavy (non-hydrogen) atoms. The highest BCUT2D eigenvalue weighted by molar-refractivity contribution is 8.26. The smallest absolute Gasteiger partial charge is 0.326 e. The Labute approximate surface area is 146 Å². The molecule has 1 amide bonds. The van der Waals surface area contributed by atoms with Gasteiger partial charge >= 0.3 is 11.9 Å². The molecule has 0 radical (unpaired) electrons. The van der Waals surface area contributed by atoms with Crippen LogP contribution in [0, 0.1) is 0 Å². The third-order valence-corrected chi connectivity index (χ3v) is 4.57. The number of hydrogen-bond donors (Lipinski definition) is 3. The van der Waals surface area contributed by atoms with Gasteiger partial charge in [-0.25, -0.2) is 4.79 Å². The molecule has 2 rings (SSSR count). The predicted molar refractivity (Wildman–Crippen MR) is 91.4 cm³/mol. The quantitative estimate of drug-likeness (QED) is 0.516. The predicted octanol–water partition coefficient (Wildman–Crippen LogP) is 1.91. The molecule has 1 fully saturated rings. The van der Waals surface area contributed by atoms with E-state index in [9.17, 15) is 24.6 Å². The van der Waals surface area contributed by atoms with E-state index >= 15 is 0 Å². The van der Waals surface area contributed by atoms with Gasteiger partial charge in [0.1, 0.15) is 16.1 Å². The lowest BCUT2D eigenvalue weighted by Crippen LogP contribution is -2.44. The summed E-state index contributed by atoms with van der Waals surface area (Å²) in [5.74, 6) is -2.94. The summed E-state index contributed by atoms with van der Waals surface area (Å²) in [4.78, 5) is 35.7. The lowest BCUT2D eigenvalue weighted by atomic mass is 10.1. The number of thiocarbonyl (C=S) groups is 1. The number of thioether (sulfide) groups is 1. The molecule has 0 aromatic heterocycles. The molecular formula is C15H13NO6S2. The van der Waals surface area contributed by atoms with Gasteiger partial charge in [-0.3, -0.25) is 14.5 Å². The van der Waals surface area contributed by atoms with Gasteiger partial charge in [0, 0.05) is 6.42 Å². The van der Waals surface area contributed by atoms with Gasteiger partial charge in [0.15, 0.2) is 0 Å². The van der Waals surface area contributed by atoms with Crippen LogP contribution in [0.4, 0.5) is 0 Å². The first-order valence-electron chi connectivity index (χ1n) is 6.80. The summed E-state index contributed by atoms with van der Waals surface area (Å²) in [6, 6.07) is 4.79. The zero-order chi connectivity index (χ0) is 17.9. The summed E-state index contributed by atoms with van der Waals surface area (Å²) >= 11 is 6.04. The molecule has 1 aliphatic rings. The summed E-state index contributed by atoms with van der Waals surface area (Å²) in [5.41, 5.74) is 0.644. The monoisotopic (exact) mass is 367 g/mol. The molecule has 0 bridgehead atoms. The third-order valence-electron chi connectivity index (χ3n) is 3.24. The van der Waals surface area contributed by atoms with Crippen LogP contribution in [0.25, 0.3) is 6.08 Å². The molecule has 1 unspecified atom stereocenters. The number of carboxylic acid groups (broad SMARTS) is 2. The topological polar surface area (TPSA) is 115 Å². The van der Waals surface area contributed by atoms with E-state index in [1.54, 1.807) is 12.1 Å². The molecule has 0 spiro atoms. The Hall–Kier alpha value is -2.39. The molecule has 0 saturated carbocycles. The number of amides is 1. The van der Waals surface area contributed by atoms with Crippen LogP contribution in [0.5, 0.6) is 5.75 Å². The van der Waals surface area contributed by atoms with E-state index in [1.807, 2.05) is 0 Å². The SMILES string of the molecule is O=C(O)CCC(C(=O)O)N1C(=O)/C(=C/c2ccc(O)cc2)SC1=S. The number of carboxylic acids is 2. The zero-order valence-electron chi connectivity index (χ0n) is 12.2. The van der Waals surface area contributed by atoms with Gasteiger partial charge < -0.3 is 15.3 Å². The van der Waals surface area contributed by atoms with Crippen molar-refractivity contribution in [2.45, 2.75) is 18.9 Å². The molecule has 1 aliphatic heterocycles. The Kier molecular flexibility index (Phi) is 5.58. The second-order valence-corrected chi connectivity index (χ2v) is 6.61. The van der Waals surface area contributed by atoms with Crippen LogP contribution in [-0.4, -0.2) is 48.4 Å². The molecule has 7 nitrogen and oxygen atoms in total. The third kappa shape index (κ3) is 4.12. The van der Waals surface area contributed by atoms with Gasteiger partial charge in [-0.05, 0) is 30.2 Å². The molecule has 3 N–H and O–H groups in total. The number of hydrogen-bond acceptors (Lipinski definition) is 6. The maximum Gasteiger partial charge on any atom is 0.326 e. The number of benzene rings is 1. The highest BCUT2D eigenvalue weighted by Gasteiger charge is 2.40. The Morgan fingerprint density at radius 3 is 2.42 bits per heavy atom. The van der Waals surface area contributed by atoms with E-state index in [0.717, 1.165) is 16.7 Å². The van der Waals surface area contributed by atoms with E-state index in [2.05, 4.69) is 0 Å². The summed E-state index contributed by atoms with van der Waals surface area (Å²) in [6.07, 6.45) is 0.920. The molecule has 126 valence electrons. The molecule has 1 heterocycles. The Balaban J connectivity index is 2.24. The fourth-order valence-electron chi connectivity index (χ4n) is 2.09. The molecule has 1 saturated heterocycles. The Morgan fingerprint density at radius 1 is 1.25 bits per heavy atom. The van der Waals surface area contributed by atoms with E-state index in [0.29, 0.717) is 5.56 Å². The van der Waals surface area contributed by atoms with Crippen LogP contribution in [0.2, 0.25) is 0 Å². The van der Waals surface area contributed by atoms with Crippen molar-refractivity contribution in [3.8, 4) is 5.75 Å². The molecular weight excluding hydrogens is 354 g/mol. The Bertz CT molecular complexity index is 728. The minimum atomic E-state index is -1.32. The van der Waals surface area contributed by atoms with Crippen LogP contribution in [-0.2, 0) is 14.4 Å². The van der Waals surface area contributed by atoms with E-state index in [4.69, 9.17) is 17.3 Å². The van der Waals surface area contributed by atoms with Gasteiger partial charge in [0.25, 0.3) is 5.91 Å². The first-order chi connectivity index (χ1) is 11.3. The molecule has 1 aromatic carbocycles. The minimum Gasteiger partial charge on any atom is -0.508 e. The first-order valence-corrected chi connectivity index (χ1v) is 8.02. The molecule has 9 heteroatoms. The number of carbonyl (C=O) groups is 3. The van der Waals surface area contributed by atoms with Crippen LogP contribution < -0.4 is 0 Å². The maximum atomic E-state index is 12.5. The van der Waals surface area contributed by atoms with Crippen molar-refractivity contribution in [3.05, 3.63) is 34.7 Å². The summed E-state index contributed by atoms with van der Waals surface area (Å²) in [7, 11) is 0. The first kappa shape index (κ1) is 18.0. The average Bonchev–Trinajstić information content (AvgIpc) is 2.77. The second-order valence-electron chi connectivity index (χ2n) is 4.93. The molecule has 1 atom stereocenters. The van der Waals surface area contributed by atoms with Crippen molar-refractivity contribution in [3.63, 3.8) is 0 Å². The largest absolute Gasteiger partial charge is 0.508 e. The number of phenolic OH excluding ortho intramolecular Hbond substituents is 1. The zero-order valence-corrected chi connectivity index (χ0v) is 13.8. The fourth-order valence-corrected chi connectivity index (χ4v) is 3.45. The van der Waals surface area contributed by atoms with Crippen molar-refractivity contribution < 1.29 is 29.7 Å². The normalized spacial score (nSPS) is 17.3. The summed E-state index contributed by atoms with van der Waals surface area (Å²) in [5, 5.41) is 27.3. The standard InChI is InChI=1S/C15H13NO6S2/c17-9-3-1-8(2-4-9)7-11-13(20)16(15(23)24-11)10(14(21)22)5-6-12(18)19/h1-4,7,10,17H,5-6H2,(H,18,19)(H,21,22)/b11-7-. The minimum absolute atomic E-state index is 0.0721. The Morgan fingerprint density at radius 2 is 1.88 bits per heavy atom. The van der Waals surface area contributed by atoms with Crippen LogP contribution in [0.15, 0.2) is 29.2 Å². The van der Waals surface area contributed by atoms with Crippen molar-refractivity contribution >= 4 is 52.2 Å². The molecule has 0 aliphatic carbocycles. The van der Waals surface area contributed by atoms with Crippen molar-refractivity contribution in [2.24, 2.45) is 0 Å². The number of aliphatic carboxylic acids is 2. The van der Waals surface area contributed by atoms with Crippen LogP contribution in [0.1, 0.15) is 18.4 Å². The average molecular weight is 367 g/mol. The highest BCUT2D eigenvalue weighted by atomic mass is 32.2. The van der Waals surface area contributed by atoms with Crippen molar-refractivity contribution in [1.29, 1.82) is 0 Å². The number of aromatic hydroxyl groups is 1. The van der Waals surface area contributed by atoms with Gasteiger partial charge in [0.05, 0.1) is 4.91 Å². The second kappa shape index (κ2) is 7.45. The van der Waals surface area contributed by atoms with E-state index in [1.165, 1.54) is 18.2 Å². The van der Waals surface area contributed by atoms with Crippen LogP contribution in [0.3, 0.4) is 0 Å². The summed E-state index contributed by atoms with van der Waals surface area (Å²) < 4.78 is 0.0721. The van der Waals surface area contributed by atoms with Gasteiger partial charge in [-0.1, -0.05) is 36.1 Å². The lowest BCUT2D eigenvalue weighted by molar-refractivity contribution is -0.146. The van der Waals surface area contributed by atoms with E-state index < -0.39 is 23.9 Å². The van der Waals surface area contributed by atoms with Gasteiger partial charge in [0.2, 0.25) is 0 Å². The molecule has 1 aromatic rings. The fraction of sp³-hybridized carbons (Fsp3) is 0.200.